The molecule has 25 heavy (non-hydrogen) atoms. The Labute approximate surface area is 146 Å². The van der Waals surface area contributed by atoms with E-state index in [1.165, 1.54) is 12.1 Å². The molecule has 0 fully saturated rings. The monoisotopic (exact) mass is 337 g/mol. The number of nitrogens with one attached hydrogen (secondary N) is 1. The first-order valence-corrected chi connectivity index (χ1v) is 8.19. The van der Waals surface area contributed by atoms with Crippen LogP contribution in [0.25, 0.3) is 5.69 Å². The van der Waals surface area contributed by atoms with Gasteiger partial charge in [0.25, 0.3) is 0 Å². The van der Waals surface area contributed by atoms with Crippen molar-refractivity contribution in [3.63, 3.8) is 0 Å². The molecule has 0 saturated carbocycles. The van der Waals surface area contributed by atoms with E-state index in [2.05, 4.69) is 10.4 Å². The summed E-state index contributed by atoms with van der Waals surface area (Å²) in [5.41, 5.74) is 4.76. The summed E-state index contributed by atoms with van der Waals surface area (Å²) in [7, 11) is 0. The van der Waals surface area contributed by atoms with Crippen LogP contribution in [-0.2, 0) is 11.2 Å². The van der Waals surface area contributed by atoms with Crippen molar-refractivity contribution < 1.29 is 9.18 Å². The third kappa shape index (κ3) is 4.32. The molecule has 0 unspecified atom stereocenters. The highest BCUT2D eigenvalue weighted by molar-refractivity contribution is 5.90. The van der Waals surface area contributed by atoms with E-state index in [9.17, 15) is 9.18 Å². The summed E-state index contributed by atoms with van der Waals surface area (Å²) in [5.74, 6) is -0.407. The van der Waals surface area contributed by atoms with Crippen molar-refractivity contribution in [1.29, 1.82) is 0 Å². The Morgan fingerprint density at radius 1 is 1.08 bits per heavy atom. The summed E-state index contributed by atoms with van der Waals surface area (Å²) in [6, 6.07) is 15.8. The molecule has 5 heteroatoms. The molecular formula is C20H20FN3O. The molecule has 3 aromatic rings. The van der Waals surface area contributed by atoms with Crippen LogP contribution in [0.3, 0.4) is 0 Å². The predicted molar refractivity (Wildman–Crippen MR) is 96.4 cm³/mol. The first-order chi connectivity index (χ1) is 12.0. The van der Waals surface area contributed by atoms with E-state index >= 15 is 0 Å². The van der Waals surface area contributed by atoms with Gasteiger partial charge in [0.1, 0.15) is 5.82 Å². The molecule has 0 aliphatic carbocycles. The Morgan fingerprint density at radius 3 is 2.36 bits per heavy atom. The van der Waals surface area contributed by atoms with Crippen LogP contribution in [0.4, 0.5) is 10.1 Å². The van der Waals surface area contributed by atoms with E-state index in [0.29, 0.717) is 18.5 Å². The van der Waals surface area contributed by atoms with Crippen LogP contribution in [0.1, 0.15) is 23.4 Å². The van der Waals surface area contributed by atoms with Crippen LogP contribution in [0.2, 0.25) is 0 Å². The van der Waals surface area contributed by atoms with E-state index in [1.807, 2.05) is 48.9 Å². The van der Waals surface area contributed by atoms with E-state index in [-0.39, 0.29) is 11.7 Å². The van der Waals surface area contributed by atoms with Crippen molar-refractivity contribution in [2.24, 2.45) is 0 Å². The Kier molecular flexibility index (Phi) is 4.93. The zero-order valence-electron chi connectivity index (χ0n) is 14.3. The number of amides is 1. The van der Waals surface area contributed by atoms with Crippen molar-refractivity contribution >= 4 is 11.6 Å². The number of aryl methyl sites for hydroxylation is 3. The van der Waals surface area contributed by atoms with E-state index < -0.39 is 0 Å². The molecule has 4 nitrogen and oxygen atoms in total. The summed E-state index contributed by atoms with van der Waals surface area (Å²) in [5, 5.41) is 7.23. The van der Waals surface area contributed by atoms with Crippen LogP contribution in [0.15, 0.2) is 54.6 Å². The lowest BCUT2D eigenvalue weighted by molar-refractivity contribution is -0.116. The average Bonchev–Trinajstić information content (AvgIpc) is 2.94. The second-order valence-electron chi connectivity index (χ2n) is 6.06. The van der Waals surface area contributed by atoms with Gasteiger partial charge >= 0.3 is 0 Å². The van der Waals surface area contributed by atoms with Crippen molar-refractivity contribution in [3.8, 4) is 5.69 Å². The lowest BCUT2D eigenvalue weighted by Gasteiger charge is -2.07. The first kappa shape index (κ1) is 16.9. The molecule has 128 valence electrons. The van der Waals surface area contributed by atoms with E-state index in [4.69, 9.17) is 0 Å². The minimum absolute atomic E-state index is 0.0887. The lowest BCUT2D eigenvalue weighted by Crippen LogP contribution is -2.12. The van der Waals surface area contributed by atoms with E-state index in [0.717, 1.165) is 22.6 Å². The summed E-state index contributed by atoms with van der Waals surface area (Å²) in [6.07, 6.45) is 1.01. The minimum Gasteiger partial charge on any atom is -0.326 e. The molecule has 1 heterocycles. The number of carbonyl (C=O) groups excluding carboxylic acids is 1. The molecule has 0 saturated heterocycles. The number of anilines is 1. The second kappa shape index (κ2) is 7.30. The van der Waals surface area contributed by atoms with Gasteiger partial charge in [0, 0.05) is 17.8 Å². The van der Waals surface area contributed by atoms with Crippen molar-refractivity contribution in [3.05, 3.63) is 77.4 Å². The maximum atomic E-state index is 12.9. The average molecular weight is 337 g/mol. The predicted octanol–water partition coefficient (Wildman–Crippen LogP) is 4.20. The first-order valence-electron chi connectivity index (χ1n) is 8.19. The summed E-state index contributed by atoms with van der Waals surface area (Å²) >= 11 is 0. The van der Waals surface area contributed by atoms with E-state index in [1.54, 1.807) is 12.1 Å². The van der Waals surface area contributed by atoms with Gasteiger partial charge in [0.15, 0.2) is 0 Å². The Bertz CT molecular complexity index is 867. The standard InChI is InChI=1S/C20H20FN3O/c1-14-13-15(2)24(23-14)19-10-3-16(4-11-19)5-12-20(25)22-18-8-6-17(21)7-9-18/h3-4,6-11,13H,5,12H2,1-2H3,(H,22,25). The van der Waals surface area contributed by atoms with Gasteiger partial charge in [-0.05, 0) is 68.3 Å². The van der Waals surface area contributed by atoms with Crippen LogP contribution < -0.4 is 5.32 Å². The molecule has 0 atom stereocenters. The molecule has 0 aliphatic heterocycles. The third-order valence-corrected chi connectivity index (χ3v) is 3.96. The fourth-order valence-corrected chi connectivity index (χ4v) is 2.71. The minimum atomic E-state index is -0.319. The summed E-state index contributed by atoms with van der Waals surface area (Å²) in [4.78, 5) is 12.0. The number of hydrogen-bond donors (Lipinski definition) is 1. The Balaban J connectivity index is 1.57. The number of rotatable bonds is 5. The van der Waals surface area contributed by atoms with Gasteiger partial charge in [-0.3, -0.25) is 4.79 Å². The molecule has 3 rings (SSSR count). The fraction of sp³-hybridized carbons (Fsp3) is 0.200. The van der Waals surface area contributed by atoms with Gasteiger partial charge in [-0.2, -0.15) is 5.10 Å². The normalized spacial score (nSPS) is 10.7. The van der Waals surface area contributed by atoms with Gasteiger partial charge in [0.2, 0.25) is 5.91 Å². The van der Waals surface area contributed by atoms with Gasteiger partial charge in [0.05, 0.1) is 11.4 Å². The zero-order valence-corrected chi connectivity index (χ0v) is 14.3. The molecule has 0 radical (unpaired) electrons. The maximum absolute atomic E-state index is 12.9. The fourth-order valence-electron chi connectivity index (χ4n) is 2.71. The Morgan fingerprint density at radius 2 is 1.76 bits per heavy atom. The summed E-state index contributed by atoms with van der Waals surface area (Å²) < 4.78 is 14.8. The molecule has 2 aromatic carbocycles. The van der Waals surface area contributed by atoms with Crippen molar-refractivity contribution in [2.45, 2.75) is 26.7 Å². The molecule has 0 bridgehead atoms. The van der Waals surface area contributed by atoms with Gasteiger partial charge in [-0.1, -0.05) is 12.1 Å². The number of halogens is 1. The molecule has 0 spiro atoms. The van der Waals surface area contributed by atoms with Gasteiger partial charge < -0.3 is 5.32 Å². The highest BCUT2D eigenvalue weighted by Gasteiger charge is 2.06. The Hall–Kier alpha value is -2.95. The molecular weight excluding hydrogens is 317 g/mol. The highest BCUT2D eigenvalue weighted by Crippen LogP contribution is 2.14. The lowest BCUT2D eigenvalue weighted by atomic mass is 10.1. The van der Waals surface area contributed by atoms with Crippen LogP contribution >= 0.6 is 0 Å². The third-order valence-electron chi connectivity index (χ3n) is 3.96. The van der Waals surface area contributed by atoms with Crippen LogP contribution in [0.5, 0.6) is 0 Å². The number of benzene rings is 2. The molecule has 1 aromatic heterocycles. The topological polar surface area (TPSA) is 46.9 Å². The second-order valence-corrected chi connectivity index (χ2v) is 6.06. The molecule has 1 amide bonds. The van der Waals surface area contributed by atoms with Crippen molar-refractivity contribution in [1.82, 2.24) is 9.78 Å². The van der Waals surface area contributed by atoms with Crippen LogP contribution in [-0.4, -0.2) is 15.7 Å². The molecule has 1 N–H and O–H groups in total. The number of aromatic nitrogens is 2. The maximum Gasteiger partial charge on any atom is 0.224 e. The molecule has 0 aliphatic rings. The zero-order chi connectivity index (χ0) is 17.8. The number of nitrogens with zero attached hydrogens (tertiary/aromatic N) is 2. The van der Waals surface area contributed by atoms with Gasteiger partial charge in [-0.25, -0.2) is 9.07 Å². The van der Waals surface area contributed by atoms with Crippen LogP contribution in [0, 0.1) is 19.7 Å². The largest absolute Gasteiger partial charge is 0.326 e. The van der Waals surface area contributed by atoms with Gasteiger partial charge in [-0.15, -0.1) is 0 Å². The highest BCUT2D eigenvalue weighted by atomic mass is 19.1. The summed E-state index contributed by atoms with van der Waals surface area (Å²) in [6.45, 7) is 3.99. The quantitative estimate of drug-likeness (QED) is 0.758. The van der Waals surface area contributed by atoms with Crippen molar-refractivity contribution in [2.75, 3.05) is 5.32 Å². The number of hydrogen-bond acceptors (Lipinski definition) is 2. The SMILES string of the molecule is Cc1cc(C)n(-c2ccc(CCC(=O)Nc3ccc(F)cc3)cc2)n1. The number of carbonyl (C=O) groups is 1. The smallest absolute Gasteiger partial charge is 0.224 e.